The molecule has 0 bridgehead atoms. The van der Waals surface area contributed by atoms with E-state index in [0.29, 0.717) is 6.61 Å². The average Bonchev–Trinajstić information content (AvgIpc) is 2.16. The molecule has 0 spiro atoms. The van der Waals surface area contributed by atoms with Crippen LogP contribution in [-0.2, 0) is 5.41 Å². The molecule has 0 aromatic heterocycles. The molecule has 82 valence electrons. The summed E-state index contributed by atoms with van der Waals surface area (Å²) in [6.07, 6.45) is 1.86. The predicted molar refractivity (Wildman–Crippen MR) is 66.4 cm³/mol. The zero-order valence-electron chi connectivity index (χ0n) is 10.1. The van der Waals surface area contributed by atoms with Crippen LogP contribution in [0.5, 0.6) is 5.75 Å². The molecule has 0 heterocycles. The van der Waals surface area contributed by atoms with Crippen molar-refractivity contribution in [2.45, 2.75) is 33.1 Å². The van der Waals surface area contributed by atoms with Gasteiger partial charge in [0.05, 0.1) is 6.61 Å². The molecule has 0 radical (unpaired) electrons. The molecule has 0 amide bonds. The minimum atomic E-state index is 0.144. The van der Waals surface area contributed by atoms with Crippen LogP contribution in [0.2, 0.25) is 0 Å². The third kappa shape index (κ3) is 3.12. The van der Waals surface area contributed by atoms with Gasteiger partial charge in [-0.2, -0.15) is 0 Å². The SMILES string of the molecule is C=Cc1cc(OCC)cc(C(C)(C)C)c1. The molecule has 1 rings (SSSR count). The number of benzene rings is 1. The molecule has 1 heteroatoms. The maximum Gasteiger partial charge on any atom is 0.120 e. The molecule has 0 saturated carbocycles. The first-order valence-electron chi connectivity index (χ1n) is 5.38. The molecule has 0 aliphatic heterocycles. The number of hydrogen-bond donors (Lipinski definition) is 0. The monoisotopic (exact) mass is 204 g/mol. The van der Waals surface area contributed by atoms with Crippen molar-refractivity contribution in [1.82, 2.24) is 0 Å². The molecule has 15 heavy (non-hydrogen) atoms. The first-order chi connectivity index (χ1) is 6.97. The fourth-order valence-corrected chi connectivity index (χ4v) is 1.42. The number of hydrogen-bond acceptors (Lipinski definition) is 1. The van der Waals surface area contributed by atoms with Crippen LogP contribution in [0, 0.1) is 0 Å². The molecule has 0 atom stereocenters. The van der Waals surface area contributed by atoms with Gasteiger partial charge in [0.1, 0.15) is 5.75 Å². The van der Waals surface area contributed by atoms with Crippen molar-refractivity contribution in [2.24, 2.45) is 0 Å². The Bertz CT molecular complexity index is 345. The van der Waals surface area contributed by atoms with Crippen LogP contribution in [0.3, 0.4) is 0 Å². The first kappa shape index (κ1) is 11.8. The largest absolute Gasteiger partial charge is 0.494 e. The van der Waals surface area contributed by atoms with Gasteiger partial charge in [-0.05, 0) is 35.6 Å². The van der Waals surface area contributed by atoms with Crippen molar-refractivity contribution >= 4 is 6.08 Å². The highest BCUT2D eigenvalue weighted by molar-refractivity contribution is 5.52. The second kappa shape index (κ2) is 4.52. The lowest BCUT2D eigenvalue weighted by Crippen LogP contribution is -2.11. The quantitative estimate of drug-likeness (QED) is 0.722. The van der Waals surface area contributed by atoms with Crippen LogP contribution in [0.1, 0.15) is 38.8 Å². The van der Waals surface area contributed by atoms with E-state index >= 15 is 0 Å². The van der Waals surface area contributed by atoms with E-state index in [1.165, 1.54) is 5.56 Å². The average molecular weight is 204 g/mol. The van der Waals surface area contributed by atoms with Gasteiger partial charge in [-0.3, -0.25) is 0 Å². The van der Waals surface area contributed by atoms with Crippen molar-refractivity contribution in [2.75, 3.05) is 6.61 Å². The molecule has 0 aliphatic carbocycles. The predicted octanol–water partition coefficient (Wildman–Crippen LogP) is 4.03. The Morgan fingerprint density at radius 1 is 1.27 bits per heavy atom. The van der Waals surface area contributed by atoms with Crippen LogP contribution >= 0.6 is 0 Å². The molecule has 0 saturated heterocycles. The second-order valence-corrected chi connectivity index (χ2v) is 4.68. The summed E-state index contributed by atoms with van der Waals surface area (Å²) in [5.74, 6) is 0.930. The van der Waals surface area contributed by atoms with Crippen molar-refractivity contribution in [3.05, 3.63) is 35.9 Å². The normalized spacial score (nSPS) is 11.2. The molecule has 1 aromatic rings. The molecule has 1 nitrogen and oxygen atoms in total. The van der Waals surface area contributed by atoms with Crippen molar-refractivity contribution in [3.8, 4) is 5.75 Å². The lowest BCUT2D eigenvalue weighted by molar-refractivity contribution is 0.339. The molecule has 0 fully saturated rings. The third-order valence-electron chi connectivity index (χ3n) is 2.34. The van der Waals surface area contributed by atoms with Gasteiger partial charge in [-0.25, -0.2) is 0 Å². The topological polar surface area (TPSA) is 9.23 Å². The smallest absolute Gasteiger partial charge is 0.120 e. The highest BCUT2D eigenvalue weighted by Gasteiger charge is 2.15. The van der Waals surface area contributed by atoms with Crippen LogP contribution in [0.25, 0.3) is 6.08 Å². The van der Waals surface area contributed by atoms with E-state index in [1.54, 1.807) is 0 Å². The molecule has 0 N–H and O–H groups in total. The number of ether oxygens (including phenoxy) is 1. The molecular formula is C14H20O. The van der Waals surface area contributed by atoms with Gasteiger partial charge in [-0.15, -0.1) is 0 Å². The zero-order chi connectivity index (χ0) is 11.5. The summed E-state index contributed by atoms with van der Waals surface area (Å²) in [7, 11) is 0. The maximum absolute atomic E-state index is 5.54. The van der Waals surface area contributed by atoms with Gasteiger partial charge in [0.2, 0.25) is 0 Å². The van der Waals surface area contributed by atoms with Crippen molar-refractivity contribution < 1.29 is 4.74 Å². The molecule has 0 unspecified atom stereocenters. The first-order valence-corrected chi connectivity index (χ1v) is 5.38. The van der Waals surface area contributed by atoms with E-state index in [9.17, 15) is 0 Å². The van der Waals surface area contributed by atoms with Crippen LogP contribution in [0.15, 0.2) is 24.8 Å². The van der Waals surface area contributed by atoms with Crippen LogP contribution in [0.4, 0.5) is 0 Å². The summed E-state index contributed by atoms with van der Waals surface area (Å²) in [6.45, 7) is 13.1. The Labute approximate surface area is 92.8 Å². The van der Waals surface area contributed by atoms with Crippen molar-refractivity contribution in [3.63, 3.8) is 0 Å². The Balaban J connectivity index is 3.17. The highest BCUT2D eigenvalue weighted by Crippen LogP contribution is 2.28. The van der Waals surface area contributed by atoms with Crippen molar-refractivity contribution in [1.29, 1.82) is 0 Å². The maximum atomic E-state index is 5.54. The van der Waals surface area contributed by atoms with Crippen LogP contribution < -0.4 is 4.74 Å². The Kier molecular flexibility index (Phi) is 3.57. The second-order valence-electron chi connectivity index (χ2n) is 4.68. The Morgan fingerprint density at radius 3 is 2.40 bits per heavy atom. The summed E-state index contributed by atoms with van der Waals surface area (Å²) in [4.78, 5) is 0. The lowest BCUT2D eigenvalue weighted by Gasteiger charge is -2.20. The van der Waals surface area contributed by atoms with E-state index in [4.69, 9.17) is 4.74 Å². The molecule has 1 aromatic carbocycles. The number of rotatable bonds is 3. The van der Waals surface area contributed by atoms with Crippen LogP contribution in [-0.4, -0.2) is 6.61 Å². The Hall–Kier alpha value is -1.24. The fourth-order valence-electron chi connectivity index (χ4n) is 1.42. The van der Waals surface area contributed by atoms with Gasteiger partial charge in [0.15, 0.2) is 0 Å². The van der Waals surface area contributed by atoms with Gasteiger partial charge in [0.25, 0.3) is 0 Å². The van der Waals surface area contributed by atoms with Gasteiger partial charge >= 0.3 is 0 Å². The van der Waals surface area contributed by atoms with Gasteiger partial charge in [0, 0.05) is 0 Å². The minimum Gasteiger partial charge on any atom is -0.494 e. The Morgan fingerprint density at radius 2 is 1.93 bits per heavy atom. The summed E-state index contributed by atoms with van der Waals surface area (Å²) in [5.41, 5.74) is 2.54. The summed E-state index contributed by atoms with van der Waals surface area (Å²) in [6, 6.07) is 6.29. The summed E-state index contributed by atoms with van der Waals surface area (Å²) in [5, 5.41) is 0. The molecule has 0 aliphatic rings. The standard InChI is InChI=1S/C14H20O/c1-6-11-8-12(14(3,4)5)10-13(9-11)15-7-2/h6,8-10H,1,7H2,2-5H3. The van der Waals surface area contributed by atoms with E-state index in [-0.39, 0.29) is 5.41 Å². The zero-order valence-corrected chi connectivity index (χ0v) is 10.1. The highest BCUT2D eigenvalue weighted by atomic mass is 16.5. The van der Waals surface area contributed by atoms with E-state index in [2.05, 4.69) is 39.5 Å². The van der Waals surface area contributed by atoms with E-state index in [1.807, 2.05) is 19.1 Å². The van der Waals surface area contributed by atoms with Gasteiger partial charge in [-0.1, -0.05) is 39.5 Å². The van der Waals surface area contributed by atoms with Gasteiger partial charge < -0.3 is 4.74 Å². The van der Waals surface area contributed by atoms with E-state index in [0.717, 1.165) is 11.3 Å². The summed E-state index contributed by atoms with van der Waals surface area (Å²) < 4.78 is 5.54. The molecular weight excluding hydrogens is 184 g/mol. The summed E-state index contributed by atoms with van der Waals surface area (Å²) >= 11 is 0. The minimum absolute atomic E-state index is 0.144. The van der Waals surface area contributed by atoms with E-state index < -0.39 is 0 Å². The fraction of sp³-hybridized carbons (Fsp3) is 0.429. The third-order valence-corrected chi connectivity index (χ3v) is 2.34. The lowest BCUT2D eigenvalue weighted by atomic mass is 9.86.